The van der Waals surface area contributed by atoms with Gasteiger partial charge in [0.05, 0.1) is 11.7 Å². The second kappa shape index (κ2) is 10.5. The minimum absolute atomic E-state index is 0.209. The molecule has 0 fully saturated rings. The SMILES string of the molecule is CC/C(=C\C=C\C(O)(CC)CC)c1cccc(CCC2=CCC3=C(O)C(C)C(O)C3=C2)c1. The molecule has 3 nitrogen and oxygen atoms in total. The van der Waals surface area contributed by atoms with Crippen molar-refractivity contribution >= 4 is 5.57 Å². The Hall–Kier alpha value is -2.36. The highest BCUT2D eigenvalue weighted by Gasteiger charge is 2.35. The molecule has 2 atom stereocenters. The Morgan fingerprint density at radius 1 is 1.16 bits per heavy atom. The molecule has 0 heterocycles. The van der Waals surface area contributed by atoms with Crippen molar-refractivity contribution in [3.63, 3.8) is 0 Å². The molecule has 172 valence electrons. The topological polar surface area (TPSA) is 60.7 Å². The molecule has 3 N–H and O–H groups in total. The van der Waals surface area contributed by atoms with Crippen LogP contribution in [0.5, 0.6) is 0 Å². The summed E-state index contributed by atoms with van der Waals surface area (Å²) in [5, 5.41) is 31.1. The summed E-state index contributed by atoms with van der Waals surface area (Å²) in [5.74, 6) is 0.135. The van der Waals surface area contributed by atoms with Gasteiger partial charge in [-0.15, -0.1) is 0 Å². The highest BCUT2D eigenvalue weighted by Crippen LogP contribution is 2.40. The minimum Gasteiger partial charge on any atom is -0.512 e. The number of benzene rings is 1. The van der Waals surface area contributed by atoms with Crippen LogP contribution < -0.4 is 0 Å². The second-order valence-electron chi connectivity index (χ2n) is 9.10. The molecule has 1 aromatic rings. The van der Waals surface area contributed by atoms with E-state index in [0.717, 1.165) is 30.4 Å². The molecular weight excluding hydrogens is 396 g/mol. The van der Waals surface area contributed by atoms with Crippen LogP contribution in [0, 0.1) is 5.92 Å². The first-order chi connectivity index (χ1) is 15.3. The van der Waals surface area contributed by atoms with Crippen LogP contribution in [0.4, 0.5) is 0 Å². The molecule has 32 heavy (non-hydrogen) atoms. The van der Waals surface area contributed by atoms with Crippen molar-refractivity contribution in [2.24, 2.45) is 5.92 Å². The van der Waals surface area contributed by atoms with E-state index in [1.807, 2.05) is 32.9 Å². The predicted octanol–water partition coefficient (Wildman–Crippen LogP) is 6.60. The van der Waals surface area contributed by atoms with Crippen LogP contribution in [0.3, 0.4) is 0 Å². The molecule has 0 amide bonds. The summed E-state index contributed by atoms with van der Waals surface area (Å²) >= 11 is 0. The van der Waals surface area contributed by atoms with Crippen LogP contribution in [0.2, 0.25) is 0 Å². The van der Waals surface area contributed by atoms with Crippen molar-refractivity contribution < 1.29 is 15.3 Å². The van der Waals surface area contributed by atoms with Gasteiger partial charge in [-0.25, -0.2) is 0 Å². The Labute approximate surface area is 193 Å². The highest BCUT2D eigenvalue weighted by molar-refractivity contribution is 5.67. The third-order valence-electron chi connectivity index (χ3n) is 7.10. The average molecular weight is 435 g/mol. The Balaban J connectivity index is 1.69. The summed E-state index contributed by atoms with van der Waals surface area (Å²) in [4.78, 5) is 0. The van der Waals surface area contributed by atoms with Crippen LogP contribution in [0.15, 0.2) is 77.1 Å². The molecule has 0 bridgehead atoms. The van der Waals surface area contributed by atoms with Crippen molar-refractivity contribution in [1.82, 2.24) is 0 Å². The molecule has 0 spiro atoms. The lowest BCUT2D eigenvalue weighted by Gasteiger charge is -2.20. The Kier molecular flexibility index (Phi) is 7.97. The van der Waals surface area contributed by atoms with Gasteiger partial charge in [-0.1, -0.05) is 87.9 Å². The first-order valence-corrected chi connectivity index (χ1v) is 12.0. The maximum Gasteiger partial charge on any atom is 0.102 e. The maximum absolute atomic E-state index is 10.5. The summed E-state index contributed by atoms with van der Waals surface area (Å²) in [6.45, 7) is 8.04. The molecule has 0 radical (unpaired) electrons. The minimum atomic E-state index is -0.726. The summed E-state index contributed by atoms with van der Waals surface area (Å²) in [6, 6.07) is 8.69. The van der Waals surface area contributed by atoms with Crippen LogP contribution >= 0.6 is 0 Å². The van der Waals surface area contributed by atoms with Crippen LogP contribution in [0.1, 0.15) is 70.9 Å². The molecule has 0 aromatic heterocycles. The fraction of sp³-hybridized carbons (Fsp3) is 0.448. The zero-order valence-electron chi connectivity index (χ0n) is 19.9. The van der Waals surface area contributed by atoms with Gasteiger partial charge in [0.1, 0.15) is 5.76 Å². The summed E-state index contributed by atoms with van der Waals surface area (Å²) in [6.07, 6.45) is 14.6. The zero-order valence-corrected chi connectivity index (χ0v) is 19.9. The third-order valence-corrected chi connectivity index (χ3v) is 7.10. The van der Waals surface area contributed by atoms with E-state index in [1.54, 1.807) is 0 Å². The zero-order chi connectivity index (χ0) is 23.3. The molecule has 0 saturated heterocycles. The first kappa shape index (κ1) is 24.3. The Bertz CT molecular complexity index is 970. The normalized spacial score (nSPS) is 21.8. The van der Waals surface area contributed by atoms with Crippen molar-refractivity contribution in [3.8, 4) is 0 Å². The standard InChI is InChI=1S/C29H38O3/c1-5-23(12-9-17-29(32,6-2)7-3)24-11-8-10-21(18-24)13-14-22-15-16-25-26(19-22)28(31)20(4)27(25)30/h8-12,15,17-20,28,30-32H,5-7,13-14,16H2,1-4H3/b17-9+,23-12+. The van der Waals surface area contributed by atoms with Crippen molar-refractivity contribution in [3.05, 3.63) is 88.3 Å². The van der Waals surface area contributed by atoms with E-state index in [9.17, 15) is 15.3 Å². The lowest BCUT2D eigenvalue weighted by atomic mass is 9.91. The number of allylic oxidation sites excluding steroid dienone is 6. The summed E-state index contributed by atoms with van der Waals surface area (Å²) in [7, 11) is 0. The van der Waals surface area contributed by atoms with Gasteiger partial charge in [0.25, 0.3) is 0 Å². The van der Waals surface area contributed by atoms with E-state index >= 15 is 0 Å². The van der Waals surface area contributed by atoms with Crippen LogP contribution in [0.25, 0.3) is 5.57 Å². The molecule has 2 aliphatic carbocycles. The van der Waals surface area contributed by atoms with E-state index in [-0.39, 0.29) is 5.92 Å². The molecule has 2 unspecified atom stereocenters. The molecular formula is C29H38O3. The molecule has 1 aromatic carbocycles. The monoisotopic (exact) mass is 434 g/mol. The molecule has 0 saturated carbocycles. The fourth-order valence-electron chi connectivity index (χ4n) is 4.54. The molecule has 3 rings (SSSR count). The smallest absolute Gasteiger partial charge is 0.102 e. The largest absolute Gasteiger partial charge is 0.512 e. The molecule has 2 aliphatic rings. The number of fused-ring (bicyclic) bond motifs is 1. The van der Waals surface area contributed by atoms with Gasteiger partial charge in [-0.05, 0) is 66.4 Å². The molecule has 3 heteroatoms. The van der Waals surface area contributed by atoms with Gasteiger partial charge in [-0.3, -0.25) is 0 Å². The van der Waals surface area contributed by atoms with Gasteiger partial charge < -0.3 is 15.3 Å². The number of hydrogen-bond donors (Lipinski definition) is 3. The quantitative estimate of drug-likeness (QED) is 0.384. The fourth-order valence-corrected chi connectivity index (χ4v) is 4.54. The first-order valence-electron chi connectivity index (χ1n) is 12.0. The van der Waals surface area contributed by atoms with Gasteiger partial charge in [0, 0.05) is 5.92 Å². The number of aliphatic hydroxyl groups is 3. The van der Waals surface area contributed by atoms with E-state index in [0.29, 0.717) is 25.0 Å². The highest BCUT2D eigenvalue weighted by atomic mass is 16.3. The van der Waals surface area contributed by atoms with Gasteiger partial charge in [0.15, 0.2) is 0 Å². The molecule has 0 aliphatic heterocycles. The van der Waals surface area contributed by atoms with Crippen molar-refractivity contribution in [2.45, 2.75) is 77.9 Å². The summed E-state index contributed by atoms with van der Waals surface area (Å²) < 4.78 is 0. The Morgan fingerprint density at radius 2 is 1.91 bits per heavy atom. The second-order valence-corrected chi connectivity index (χ2v) is 9.10. The maximum atomic E-state index is 10.5. The van der Waals surface area contributed by atoms with Gasteiger partial charge in [-0.2, -0.15) is 0 Å². The van der Waals surface area contributed by atoms with E-state index in [1.165, 1.54) is 22.3 Å². The van der Waals surface area contributed by atoms with E-state index in [2.05, 4.69) is 49.4 Å². The van der Waals surface area contributed by atoms with Gasteiger partial charge in [0.2, 0.25) is 0 Å². The third kappa shape index (κ3) is 5.33. The average Bonchev–Trinajstić information content (AvgIpc) is 3.04. The van der Waals surface area contributed by atoms with Crippen LogP contribution in [-0.2, 0) is 6.42 Å². The van der Waals surface area contributed by atoms with Crippen LogP contribution in [-0.4, -0.2) is 27.0 Å². The lowest BCUT2D eigenvalue weighted by Crippen LogP contribution is -2.22. The van der Waals surface area contributed by atoms with Crippen molar-refractivity contribution in [2.75, 3.05) is 0 Å². The lowest BCUT2D eigenvalue weighted by molar-refractivity contribution is 0.0828. The van der Waals surface area contributed by atoms with E-state index in [4.69, 9.17) is 0 Å². The van der Waals surface area contributed by atoms with Gasteiger partial charge >= 0.3 is 0 Å². The Morgan fingerprint density at radius 3 is 2.59 bits per heavy atom. The number of rotatable bonds is 9. The number of aryl methyl sites for hydroxylation is 1. The van der Waals surface area contributed by atoms with Crippen molar-refractivity contribution in [1.29, 1.82) is 0 Å². The number of aliphatic hydroxyl groups excluding tert-OH is 2. The summed E-state index contributed by atoms with van der Waals surface area (Å²) in [5.41, 5.74) is 6.05. The predicted molar refractivity (Wildman–Crippen MR) is 133 cm³/mol. The number of hydrogen-bond acceptors (Lipinski definition) is 3. The van der Waals surface area contributed by atoms with E-state index < -0.39 is 11.7 Å².